The van der Waals surface area contributed by atoms with E-state index in [0.29, 0.717) is 12.0 Å². The molecule has 1 aromatic carbocycles. The minimum atomic E-state index is 0.400. The minimum Gasteiger partial charge on any atom is -0.350 e. The molecule has 2 aromatic rings. The number of nitrogens with zero attached hydrogens (tertiary/aromatic N) is 1. The molecule has 0 aliphatic heterocycles. The van der Waals surface area contributed by atoms with E-state index in [1.807, 2.05) is 12.1 Å². The lowest BCUT2D eigenvalue weighted by Crippen LogP contribution is -2.25. The number of halogens is 2. The van der Waals surface area contributed by atoms with E-state index in [1.165, 1.54) is 5.56 Å². The second-order valence-electron chi connectivity index (χ2n) is 5.63. The van der Waals surface area contributed by atoms with Crippen LogP contribution in [0, 0.1) is 5.92 Å². The van der Waals surface area contributed by atoms with Crippen molar-refractivity contribution in [3.05, 3.63) is 57.3 Å². The van der Waals surface area contributed by atoms with Crippen LogP contribution >= 0.6 is 27.5 Å². The van der Waals surface area contributed by atoms with Crippen LogP contribution in [0.1, 0.15) is 37.9 Å². The number of hydrogen-bond acceptors (Lipinski definition) is 1. The second kappa shape index (κ2) is 7.48. The van der Waals surface area contributed by atoms with E-state index in [-0.39, 0.29) is 0 Å². The Bertz CT molecular complexity index is 592. The Kier molecular flexibility index (Phi) is 5.91. The van der Waals surface area contributed by atoms with Crippen molar-refractivity contribution in [2.45, 2.75) is 33.4 Å². The molecule has 2 rings (SSSR count). The maximum absolute atomic E-state index is 6.29. The van der Waals surface area contributed by atoms with Gasteiger partial charge in [0.2, 0.25) is 0 Å². The first-order chi connectivity index (χ1) is 10.0. The standard InChI is InChI=1S/C17H22BrClN2/c1-4-20-17(12(2)3)14-7-8-21(11-14)10-13-5-6-15(18)9-16(13)19/h5-9,11-12,17,20H,4,10H2,1-3H3. The molecule has 1 N–H and O–H groups in total. The molecule has 0 amide bonds. The zero-order chi connectivity index (χ0) is 15.4. The van der Waals surface area contributed by atoms with E-state index >= 15 is 0 Å². The van der Waals surface area contributed by atoms with Crippen LogP contribution in [0.5, 0.6) is 0 Å². The monoisotopic (exact) mass is 368 g/mol. The summed E-state index contributed by atoms with van der Waals surface area (Å²) >= 11 is 9.73. The van der Waals surface area contributed by atoms with Gasteiger partial charge in [-0.2, -0.15) is 0 Å². The van der Waals surface area contributed by atoms with Crippen molar-refractivity contribution in [1.29, 1.82) is 0 Å². The molecule has 1 atom stereocenters. The Hall–Kier alpha value is -0.770. The van der Waals surface area contributed by atoms with E-state index < -0.39 is 0 Å². The highest BCUT2D eigenvalue weighted by Crippen LogP contribution is 2.25. The average Bonchev–Trinajstić information content (AvgIpc) is 2.87. The molecular formula is C17H22BrClN2. The molecule has 0 bridgehead atoms. The maximum atomic E-state index is 6.29. The number of rotatable bonds is 6. The summed E-state index contributed by atoms with van der Waals surface area (Å²) in [5.41, 5.74) is 2.46. The average molecular weight is 370 g/mol. The number of benzene rings is 1. The van der Waals surface area contributed by atoms with Gasteiger partial charge < -0.3 is 9.88 Å². The predicted octanol–water partition coefficient (Wildman–Crippen LogP) is 5.26. The zero-order valence-electron chi connectivity index (χ0n) is 12.7. The number of nitrogens with one attached hydrogen (secondary N) is 1. The third-order valence-corrected chi connectivity index (χ3v) is 4.44. The van der Waals surface area contributed by atoms with Crippen LogP contribution in [0.15, 0.2) is 41.1 Å². The highest BCUT2D eigenvalue weighted by Gasteiger charge is 2.15. The first kappa shape index (κ1) is 16.6. The molecular weight excluding hydrogens is 348 g/mol. The van der Waals surface area contributed by atoms with Gasteiger partial charge in [0.05, 0.1) is 0 Å². The SMILES string of the molecule is CCNC(c1ccn(Cc2ccc(Br)cc2Cl)c1)C(C)C. The predicted molar refractivity (Wildman–Crippen MR) is 93.9 cm³/mol. The summed E-state index contributed by atoms with van der Waals surface area (Å²) in [6.45, 7) is 8.41. The second-order valence-corrected chi connectivity index (χ2v) is 6.96. The number of aromatic nitrogens is 1. The summed E-state index contributed by atoms with van der Waals surface area (Å²) in [6.07, 6.45) is 4.34. The van der Waals surface area contributed by atoms with Gasteiger partial charge in [0, 0.05) is 34.5 Å². The summed E-state index contributed by atoms with van der Waals surface area (Å²) in [6, 6.07) is 8.63. The molecule has 0 saturated heterocycles. The molecule has 114 valence electrons. The van der Waals surface area contributed by atoms with Gasteiger partial charge in [-0.25, -0.2) is 0 Å². The van der Waals surface area contributed by atoms with Gasteiger partial charge in [0.15, 0.2) is 0 Å². The van der Waals surface area contributed by atoms with E-state index in [9.17, 15) is 0 Å². The first-order valence-electron chi connectivity index (χ1n) is 7.34. The molecule has 21 heavy (non-hydrogen) atoms. The Morgan fingerprint density at radius 2 is 2.05 bits per heavy atom. The molecule has 0 aliphatic rings. The van der Waals surface area contributed by atoms with Gasteiger partial charge in [0.25, 0.3) is 0 Å². The van der Waals surface area contributed by atoms with Crippen LogP contribution < -0.4 is 5.32 Å². The first-order valence-corrected chi connectivity index (χ1v) is 8.51. The fourth-order valence-electron chi connectivity index (χ4n) is 2.55. The molecule has 0 aliphatic carbocycles. The van der Waals surface area contributed by atoms with Gasteiger partial charge in [0.1, 0.15) is 0 Å². The van der Waals surface area contributed by atoms with E-state index in [4.69, 9.17) is 11.6 Å². The molecule has 2 nitrogen and oxygen atoms in total. The van der Waals surface area contributed by atoms with Crippen molar-refractivity contribution in [3.63, 3.8) is 0 Å². The molecule has 0 radical (unpaired) electrons. The lowest BCUT2D eigenvalue weighted by molar-refractivity contribution is 0.421. The lowest BCUT2D eigenvalue weighted by atomic mass is 9.98. The molecule has 1 aromatic heterocycles. The van der Waals surface area contributed by atoms with E-state index in [2.05, 4.69) is 71.1 Å². The molecule has 1 unspecified atom stereocenters. The third-order valence-electron chi connectivity index (χ3n) is 3.59. The smallest absolute Gasteiger partial charge is 0.0485 e. The van der Waals surface area contributed by atoms with Crippen molar-refractivity contribution in [1.82, 2.24) is 9.88 Å². The van der Waals surface area contributed by atoms with Crippen molar-refractivity contribution in [3.8, 4) is 0 Å². The Morgan fingerprint density at radius 3 is 2.67 bits per heavy atom. The van der Waals surface area contributed by atoms with Gasteiger partial charge in [-0.05, 0) is 41.8 Å². The normalized spacial score (nSPS) is 12.9. The van der Waals surface area contributed by atoms with Crippen molar-refractivity contribution < 1.29 is 0 Å². The maximum Gasteiger partial charge on any atom is 0.0485 e. The highest BCUT2D eigenvalue weighted by atomic mass is 79.9. The van der Waals surface area contributed by atoms with Crippen LogP contribution in [-0.4, -0.2) is 11.1 Å². The van der Waals surface area contributed by atoms with Crippen LogP contribution in [0.25, 0.3) is 0 Å². The fourth-order valence-corrected chi connectivity index (χ4v) is 3.28. The largest absolute Gasteiger partial charge is 0.350 e. The minimum absolute atomic E-state index is 0.400. The third kappa shape index (κ3) is 4.35. The Morgan fingerprint density at radius 1 is 1.29 bits per heavy atom. The summed E-state index contributed by atoms with van der Waals surface area (Å²) in [5.74, 6) is 0.567. The Balaban J connectivity index is 2.15. The van der Waals surface area contributed by atoms with E-state index in [0.717, 1.165) is 28.1 Å². The van der Waals surface area contributed by atoms with Crippen LogP contribution in [0.4, 0.5) is 0 Å². The lowest BCUT2D eigenvalue weighted by Gasteiger charge is -2.20. The summed E-state index contributed by atoms with van der Waals surface area (Å²) < 4.78 is 3.20. The van der Waals surface area contributed by atoms with Crippen LogP contribution in [0.2, 0.25) is 5.02 Å². The summed E-state index contributed by atoms with van der Waals surface area (Å²) in [5, 5.41) is 4.35. The zero-order valence-corrected chi connectivity index (χ0v) is 15.1. The van der Waals surface area contributed by atoms with Crippen molar-refractivity contribution in [2.75, 3.05) is 6.54 Å². The van der Waals surface area contributed by atoms with Crippen LogP contribution in [-0.2, 0) is 6.54 Å². The molecule has 1 heterocycles. The van der Waals surface area contributed by atoms with Crippen LogP contribution in [0.3, 0.4) is 0 Å². The quantitative estimate of drug-likeness (QED) is 0.735. The van der Waals surface area contributed by atoms with Crippen molar-refractivity contribution >= 4 is 27.5 Å². The summed E-state index contributed by atoms with van der Waals surface area (Å²) in [7, 11) is 0. The highest BCUT2D eigenvalue weighted by molar-refractivity contribution is 9.10. The van der Waals surface area contributed by atoms with Gasteiger partial charge in [-0.15, -0.1) is 0 Å². The Labute approximate surface area is 140 Å². The van der Waals surface area contributed by atoms with Gasteiger partial charge in [-0.1, -0.05) is 54.4 Å². The molecule has 0 spiro atoms. The van der Waals surface area contributed by atoms with Crippen molar-refractivity contribution in [2.24, 2.45) is 5.92 Å². The summed E-state index contributed by atoms with van der Waals surface area (Å²) in [4.78, 5) is 0. The molecule has 4 heteroatoms. The molecule has 0 saturated carbocycles. The van der Waals surface area contributed by atoms with Gasteiger partial charge >= 0.3 is 0 Å². The van der Waals surface area contributed by atoms with E-state index in [1.54, 1.807) is 0 Å². The fraction of sp³-hybridized carbons (Fsp3) is 0.412. The molecule has 0 fully saturated rings. The number of hydrogen-bond donors (Lipinski definition) is 1. The topological polar surface area (TPSA) is 17.0 Å². The van der Waals surface area contributed by atoms with Gasteiger partial charge in [-0.3, -0.25) is 0 Å².